The van der Waals surface area contributed by atoms with Crippen molar-refractivity contribution in [3.63, 3.8) is 0 Å². The van der Waals surface area contributed by atoms with Crippen LogP contribution in [0.25, 0.3) is 0 Å². The fourth-order valence-corrected chi connectivity index (χ4v) is 1.94. The summed E-state index contributed by atoms with van der Waals surface area (Å²) in [5.74, 6) is -0.224. The molecule has 0 aliphatic heterocycles. The van der Waals surface area contributed by atoms with Gasteiger partial charge in [0.15, 0.2) is 0 Å². The number of carbonyl (C=O) groups excluding carboxylic acids is 1. The zero-order chi connectivity index (χ0) is 13.8. The Bertz CT molecular complexity index is 430. The molecule has 0 radical (unpaired) electrons. The molecule has 0 unspecified atom stereocenters. The lowest BCUT2D eigenvalue weighted by Gasteiger charge is -2.24. The average molecular weight is 314 g/mol. The highest BCUT2D eigenvalue weighted by Gasteiger charge is 2.28. The van der Waals surface area contributed by atoms with E-state index in [1.807, 2.05) is 26.8 Å². The summed E-state index contributed by atoms with van der Waals surface area (Å²) < 4.78 is 6.08. The van der Waals surface area contributed by atoms with E-state index in [1.165, 1.54) is 11.1 Å². The summed E-state index contributed by atoms with van der Waals surface area (Å²) in [5, 5.41) is 3.23. The molecule has 0 aromatic heterocycles. The molecule has 0 bridgehead atoms. The normalized spacial score (nSPS) is 11.4. The van der Waals surface area contributed by atoms with Crippen molar-refractivity contribution in [3.05, 3.63) is 33.8 Å². The highest BCUT2D eigenvalue weighted by Crippen LogP contribution is 2.17. The first kappa shape index (κ1) is 15.2. The van der Waals surface area contributed by atoms with Gasteiger partial charge in [-0.1, -0.05) is 22.0 Å². The van der Waals surface area contributed by atoms with Crippen LogP contribution in [-0.4, -0.2) is 18.1 Å². The van der Waals surface area contributed by atoms with Crippen LogP contribution in [0.15, 0.2) is 22.7 Å². The summed E-state index contributed by atoms with van der Waals surface area (Å²) in [7, 11) is 0. The van der Waals surface area contributed by atoms with E-state index in [-0.39, 0.29) is 5.97 Å². The largest absolute Gasteiger partial charge is 0.465 e. The van der Waals surface area contributed by atoms with Crippen LogP contribution in [0.3, 0.4) is 0 Å². The molecule has 1 N–H and O–H groups in total. The number of hydrogen-bond acceptors (Lipinski definition) is 3. The fourth-order valence-electron chi connectivity index (χ4n) is 1.53. The second kappa shape index (κ2) is 6.34. The van der Waals surface area contributed by atoms with Gasteiger partial charge in [0.2, 0.25) is 0 Å². The molecule has 0 atom stereocenters. The zero-order valence-electron chi connectivity index (χ0n) is 11.3. The number of benzene rings is 1. The lowest BCUT2D eigenvalue weighted by molar-refractivity contribution is -0.149. The second-order valence-corrected chi connectivity index (χ2v) is 5.69. The van der Waals surface area contributed by atoms with Crippen molar-refractivity contribution in [1.29, 1.82) is 0 Å². The fraction of sp³-hybridized carbons (Fsp3) is 0.500. The van der Waals surface area contributed by atoms with E-state index in [1.54, 1.807) is 0 Å². The number of ether oxygens (including phenoxy) is 1. The molecule has 18 heavy (non-hydrogen) atoms. The van der Waals surface area contributed by atoms with Gasteiger partial charge < -0.3 is 4.74 Å². The van der Waals surface area contributed by atoms with Crippen molar-refractivity contribution in [2.24, 2.45) is 0 Å². The van der Waals surface area contributed by atoms with Crippen LogP contribution >= 0.6 is 15.9 Å². The van der Waals surface area contributed by atoms with Gasteiger partial charge in [-0.15, -0.1) is 0 Å². The van der Waals surface area contributed by atoms with Gasteiger partial charge >= 0.3 is 5.97 Å². The van der Waals surface area contributed by atoms with Crippen molar-refractivity contribution in [2.45, 2.75) is 39.8 Å². The van der Waals surface area contributed by atoms with Crippen molar-refractivity contribution in [1.82, 2.24) is 5.32 Å². The number of rotatable bonds is 5. The van der Waals surface area contributed by atoms with Gasteiger partial charge in [0.1, 0.15) is 5.54 Å². The maximum atomic E-state index is 11.7. The Kier molecular flexibility index (Phi) is 5.35. The Hall–Kier alpha value is -0.870. The zero-order valence-corrected chi connectivity index (χ0v) is 12.9. The second-order valence-electron chi connectivity index (χ2n) is 4.77. The third kappa shape index (κ3) is 4.10. The van der Waals surface area contributed by atoms with Crippen LogP contribution in [0.2, 0.25) is 0 Å². The summed E-state index contributed by atoms with van der Waals surface area (Å²) >= 11 is 3.45. The predicted octanol–water partition coefficient (Wildman–Crippen LogP) is 3.19. The molecule has 100 valence electrons. The summed E-state index contributed by atoms with van der Waals surface area (Å²) in [4.78, 5) is 11.7. The molecule has 0 saturated heterocycles. The monoisotopic (exact) mass is 313 g/mol. The van der Waals surface area contributed by atoms with Gasteiger partial charge in [-0.2, -0.15) is 0 Å². The Morgan fingerprint density at radius 1 is 1.44 bits per heavy atom. The summed E-state index contributed by atoms with van der Waals surface area (Å²) in [5.41, 5.74) is 1.69. The molecule has 0 heterocycles. The molecule has 1 aromatic rings. The van der Waals surface area contributed by atoms with Gasteiger partial charge in [-0.3, -0.25) is 10.1 Å². The predicted molar refractivity (Wildman–Crippen MR) is 76.4 cm³/mol. The Labute approximate surface area is 117 Å². The van der Waals surface area contributed by atoms with Crippen LogP contribution in [0, 0.1) is 6.92 Å². The minimum atomic E-state index is -0.676. The van der Waals surface area contributed by atoms with Gasteiger partial charge in [0.25, 0.3) is 0 Å². The van der Waals surface area contributed by atoms with Crippen LogP contribution in [0.5, 0.6) is 0 Å². The van der Waals surface area contributed by atoms with Gasteiger partial charge in [0.05, 0.1) is 6.61 Å². The van der Waals surface area contributed by atoms with E-state index in [0.29, 0.717) is 13.2 Å². The molecule has 1 aromatic carbocycles. The van der Waals surface area contributed by atoms with Crippen molar-refractivity contribution < 1.29 is 9.53 Å². The van der Waals surface area contributed by atoms with Crippen molar-refractivity contribution in [3.8, 4) is 0 Å². The number of hydrogen-bond donors (Lipinski definition) is 1. The van der Waals surface area contributed by atoms with Gasteiger partial charge in [-0.25, -0.2) is 0 Å². The SMILES string of the molecule is CCOC(=O)C(C)(C)NCc1cc(Br)ccc1C. The average Bonchev–Trinajstić information content (AvgIpc) is 2.31. The van der Waals surface area contributed by atoms with Crippen LogP contribution in [-0.2, 0) is 16.1 Å². The lowest BCUT2D eigenvalue weighted by Crippen LogP contribution is -2.47. The molecule has 0 aliphatic rings. The first-order valence-corrected chi connectivity index (χ1v) is 6.83. The summed E-state index contributed by atoms with van der Waals surface area (Å²) in [6.07, 6.45) is 0. The molecule has 0 fully saturated rings. The Balaban J connectivity index is 2.69. The van der Waals surface area contributed by atoms with E-state index in [4.69, 9.17) is 4.74 Å². The number of halogens is 1. The number of nitrogens with one attached hydrogen (secondary N) is 1. The standard InChI is InChI=1S/C14H20BrNO2/c1-5-18-13(17)14(3,4)16-9-11-8-12(15)7-6-10(11)2/h6-8,16H,5,9H2,1-4H3. The minimum absolute atomic E-state index is 0.224. The number of carbonyl (C=O) groups is 1. The van der Waals surface area contributed by atoms with E-state index >= 15 is 0 Å². The van der Waals surface area contributed by atoms with Gasteiger partial charge in [0, 0.05) is 11.0 Å². The van der Waals surface area contributed by atoms with E-state index < -0.39 is 5.54 Å². The molecule has 0 amide bonds. The molecule has 0 saturated carbocycles. The van der Waals surface area contributed by atoms with E-state index in [2.05, 4.69) is 40.3 Å². The summed E-state index contributed by atoms with van der Waals surface area (Å²) in [6, 6.07) is 6.12. The number of aryl methyl sites for hydroxylation is 1. The molecule has 0 aliphatic carbocycles. The van der Waals surface area contributed by atoms with E-state index in [0.717, 1.165) is 4.47 Å². The minimum Gasteiger partial charge on any atom is -0.465 e. The first-order chi connectivity index (χ1) is 8.36. The first-order valence-electron chi connectivity index (χ1n) is 6.04. The lowest BCUT2D eigenvalue weighted by atomic mass is 10.0. The molecular formula is C14H20BrNO2. The maximum Gasteiger partial charge on any atom is 0.325 e. The summed E-state index contributed by atoms with van der Waals surface area (Å²) in [6.45, 7) is 8.57. The van der Waals surface area contributed by atoms with Gasteiger partial charge in [-0.05, 0) is 51.0 Å². The molecule has 3 nitrogen and oxygen atoms in total. The topological polar surface area (TPSA) is 38.3 Å². The molecule has 1 rings (SSSR count). The number of esters is 1. The van der Waals surface area contributed by atoms with Crippen LogP contribution in [0.4, 0.5) is 0 Å². The highest BCUT2D eigenvalue weighted by atomic mass is 79.9. The highest BCUT2D eigenvalue weighted by molar-refractivity contribution is 9.10. The molecule has 0 spiro atoms. The Morgan fingerprint density at radius 2 is 2.11 bits per heavy atom. The third-order valence-corrected chi connectivity index (χ3v) is 3.31. The smallest absolute Gasteiger partial charge is 0.325 e. The van der Waals surface area contributed by atoms with Crippen molar-refractivity contribution in [2.75, 3.05) is 6.61 Å². The Morgan fingerprint density at radius 3 is 2.72 bits per heavy atom. The molecular weight excluding hydrogens is 294 g/mol. The van der Waals surface area contributed by atoms with Crippen molar-refractivity contribution >= 4 is 21.9 Å². The maximum absolute atomic E-state index is 11.7. The quantitative estimate of drug-likeness (QED) is 0.848. The van der Waals surface area contributed by atoms with E-state index in [9.17, 15) is 4.79 Å². The van der Waals surface area contributed by atoms with Crippen LogP contribution in [0.1, 0.15) is 31.9 Å². The molecule has 4 heteroatoms. The third-order valence-electron chi connectivity index (χ3n) is 2.82. The van der Waals surface area contributed by atoms with Crippen LogP contribution < -0.4 is 5.32 Å².